The highest BCUT2D eigenvalue weighted by Crippen LogP contribution is 2.22. The summed E-state index contributed by atoms with van der Waals surface area (Å²) in [6, 6.07) is 14.7. The van der Waals surface area contributed by atoms with Crippen LogP contribution in [0.1, 0.15) is 16.7 Å². The van der Waals surface area contributed by atoms with Crippen LogP contribution in [0.4, 0.5) is 5.69 Å². The lowest BCUT2D eigenvalue weighted by Crippen LogP contribution is -2.38. The molecule has 0 aromatic heterocycles. The van der Waals surface area contributed by atoms with Crippen molar-refractivity contribution in [1.82, 2.24) is 5.32 Å². The molecule has 0 spiro atoms. The standard InChI is InChI=1S/C17H17ClN2S/c1-11-8-14(18)6-7-16(11)20-17(21)19-15-9-12-4-2-3-5-13(12)10-15/h2-8,15H,9-10H2,1H3,(H2,19,20,21). The number of aryl methyl sites for hydroxylation is 1. The van der Waals surface area contributed by atoms with Crippen molar-refractivity contribution in [3.05, 3.63) is 64.2 Å². The Labute approximate surface area is 135 Å². The highest BCUT2D eigenvalue weighted by molar-refractivity contribution is 7.80. The summed E-state index contributed by atoms with van der Waals surface area (Å²) in [5.74, 6) is 0. The Morgan fingerprint density at radius 2 is 1.81 bits per heavy atom. The molecule has 0 unspecified atom stereocenters. The van der Waals surface area contributed by atoms with Crippen LogP contribution in [0, 0.1) is 6.92 Å². The van der Waals surface area contributed by atoms with Crippen LogP contribution in [0.15, 0.2) is 42.5 Å². The fourth-order valence-corrected chi connectivity index (χ4v) is 3.28. The molecule has 2 aromatic rings. The van der Waals surface area contributed by atoms with E-state index in [2.05, 4.69) is 34.9 Å². The number of halogens is 1. The lowest BCUT2D eigenvalue weighted by atomic mass is 10.1. The van der Waals surface area contributed by atoms with Gasteiger partial charge in [0, 0.05) is 16.8 Å². The third kappa shape index (κ3) is 3.36. The summed E-state index contributed by atoms with van der Waals surface area (Å²) in [4.78, 5) is 0. The molecular formula is C17H17ClN2S. The van der Waals surface area contributed by atoms with Gasteiger partial charge in [-0.15, -0.1) is 0 Å². The molecule has 2 nitrogen and oxygen atoms in total. The first-order chi connectivity index (χ1) is 10.1. The molecule has 0 atom stereocenters. The molecule has 0 heterocycles. The average molecular weight is 317 g/mol. The maximum atomic E-state index is 5.97. The Bertz CT molecular complexity index is 659. The van der Waals surface area contributed by atoms with Gasteiger partial charge < -0.3 is 10.6 Å². The second kappa shape index (κ2) is 6.04. The minimum atomic E-state index is 0.370. The van der Waals surface area contributed by atoms with Gasteiger partial charge in [-0.05, 0) is 66.9 Å². The van der Waals surface area contributed by atoms with Crippen molar-refractivity contribution in [1.29, 1.82) is 0 Å². The van der Waals surface area contributed by atoms with Crippen molar-refractivity contribution in [2.24, 2.45) is 0 Å². The van der Waals surface area contributed by atoms with E-state index >= 15 is 0 Å². The van der Waals surface area contributed by atoms with Gasteiger partial charge in [-0.1, -0.05) is 35.9 Å². The van der Waals surface area contributed by atoms with Crippen molar-refractivity contribution in [3.63, 3.8) is 0 Å². The van der Waals surface area contributed by atoms with Gasteiger partial charge in [-0.3, -0.25) is 0 Å². The SMILES string of the molecule is Cc1cc(Cl)ccc1NC(=S)NC1Cc2ccccc2C1. The van der Waals surface area contributed by atoms with Crippen molar-refractivity contribution in [2.45, 2.75) is 25.8 Å². The molecule has 3 rings (SSSR count). The van der Waals surface area contributed by atoms with Crippen LogP contribution in [-0.4, -0.2) is 11.2 Å². The number of hydrogen-bond donors (Lipinski definition) is 2. The Morgan fingerprint density at radius 3 is 2.43 bits per heavy atom. The number of hydrogen-bond acceptors (Lipinski definition) is 1. The largest absolute Gasteiger partial charge is 0.359 e. The molecule has 0 aliphatic heterocycles. The molecule has 4 heteroatoms. The van der Waals surface area contributed by atoms with Crippen LogP contribution in [0.2, 0.25) is 5.02 Å². The number of benzene rings is 2. The summed E-state index contributed by atoms with van der Waals surface area (Å²) in [7, 11) is 0. The zero-order chi connectivity index (χ0) is 14.8. The van der Waals surface area contributed by atoms with Crippen molar-refractivity contribution >= 4 is 34.6 Å². The molecule has 2 aromatic carbocycles. The molecule has 0 fully saturated rings. The maximum absolute atomic E-state index is 5.97. The Balaban J connectivity index is 1.61. The van der Waals surface area contributed by atoms with Crippen LogP contribution in [-0.2, 0) is 12.8 Å². The predicted molar refractivity (Wildman–Crippen MR) is 93.2 cm³/mol. The summed E-state index contributed by atoms with van der Waals surface area (Å²) in [5, 5.41) is 8.06. The van der Waals surface area contributed by atoms with Crippen LogP contribution in [0.5, 0.6) is 0 Å². The second-order valence-electron chi connectivity index (χ2n) is 5.43. The van der Waals surface area contributed by atoms with Crippen LogP contribution in [0.25, 0.3) is 0 Å². The van der Waals surface area contributed by atoms with Gasteiger partial charge in [0.15, 0.2) is 5.11 Å². The fraction of sp³-hybridized carbons (Fsp3) is 0.235. The van der Waals surface area contributed by atoms with E-state index < -0.39 is 0 Å². The molecule has 0 saturated heterocycles. The maximum Gasteiger partial charge on any atom is 0.171 e. The smallest absolute Gasteiger partial charge is 0.171 e. The predicted octanol–water partition coefficient (Wildman–Crippen LogP) is 4.10. The Kier molecular flexibility index (Phi) is 4.13. The number of fused-ring (bicyclic) bond motifs is 1. The number of anilines is 1. The van der Waals surface area contributed by atoms with E-state index in [-0.39, 0.29) is 0 Å². The third-order valence-corrected chi connectivity index (χ3v) is 4.28. The highest BCUT2D eigenvalue weighted by atomic mass is 35.5. The first-order valence-corrected chi connectivity index (χ1v) is 7.81. The number of thiocarbonyl (C=S) groups is 1. The van der Waals surface area contributed by atoms with Crippen molar-refractivity contribution in [2.75, 3.05) is 5.32 Å². The third-order valence-electron chi connectivity index (χ3n) is 3.82. The van der Waals surface area contributed by atoms with E-state index in [0.717, 1.165) is 29.1 Å². The van der Waals surface area contributed by atoms with E-state index in [1.165, 1.54) is 11.1 Å². The van der Waals surface area contributed by atoms with Gasteiger partial charge in [-0.25, -0.2) is 0 Å². The zero-order valence-corrected chi connectivity index (χ0v) is 13.4. The monoisotopic (exact) mass is 316 g/mol. The minimum Gasteiger partial charge on any atom is -0.359 e. The first kappa shape index (κ1) is 14.4. The van der Waals surface area contributed by atoms with Crippen LogP contribution < -0.4 is 10.6 Å². The summed E-state index contributed by atoms with van der Waals surface area (Å²) in [6.45, 7) is 2.02. The molecule has 1 aliphatic rings. The van der Waals surface area contributed by atoms with Gasteiger partial charge >= 0.3 is 0 Å². The summed E-state index contributed by atoms with van der Waals surface area (Å²) >= 11 is 11.4. The van der Waals surface area contributed by atoms with Gasteiger partial charge in [0.2, 0.25) is 0 Å². The van der Waals surface area contributed by atoms with E-state index in [1.807, 2.05) is 25.1 Å². The van der Waals surface area contributed by atoms with Crippen LogP contribution in [0.3, 0.4) is 0 Å². The molecule has 108 valence electrons. The molecule has 0 amide bonds. The summed E-state index contributed by atoms with van der Waals surface area (Å²) < 4.78 is 0. The normalized spacial score (nSPS) is 13.8. The van der Waals surface area contributed by atoms with Crippen molar-refractivity contribution < 1.29 is 0 Å². The van der Waals surface area contributed by atoms with E-state index in [1.54, 1.807) is 0 Å². The summed E-state index contributed by atoms with van der Waals surface area (Å²) in [5.41, 5.74) is 4.91. The Hall–Kier alpha value is -1.58. The molecule has 0 bridgehead atoms. The summed E-state index contributed by atoms with van der Waals surface area (Å²) in [6.07, 6.45) is 2.05. The first-order valence-electron chi connectivity index (χ1n) is 7.02. The minimum absolute atomic E-state index is 0.370. The van der Waals surface area contributed by atoms with E-state index in [4.69, 9.17) is 23.8 Å². The highest BCUT2D eigenvalue weighted by Gasteiger charge is 2.21. The molecule has 1 aliphatic carbocycles. The molecule has 21 heavy (non-hydrogen) atoms. The molecule has 0 saturated carbocycles. The fourth-order valence-electron chi connectivity index (χ4n) is 2.77. The Morgan fingerprint density at radius 1 is 1.14 bits per heavy atom. The topological polar surface area (TPSA) is 24.1 Å². The van der Waals surface area contributed by atoms with E-state index in [0.29, 0.717) is 11.2 Å². The molecule has 0 radical (unpaired) electrons. The zero-order valence-electron chi connectivity index (χ0n) is 11.8. The molecule has 2 N–H and O–H groups in total. The van der Waals surface area contributed by atoms with E-state index in [9.17, 15) is 0 Å². The average Bonchev–Trinajstić information content (AvgIpc) is 2.84. The number of nitrogens with one attached hydrogen (secondary N) is 2. The second-order valence-corrected chi connectivity index (χ2v) is 6.28. The lowest BCUT2D eigenvalue weighted by molar-refractivity contribution is 0.648. The van der Waals surface area contributed by atoms with Gasteiger partial charge in [-0.2, -0.15) is 0 Å². The van der Waals surface area contributed by atoms with Gasteiger partial charge in [0.1, 0.15) is 0 Å². The van der Waals surface area contributed by atoms with Gasteiger partial charge in [0.25, 0.3) is 0 Å². The molecular weight excluding hydrogens is 300 g/mol. The van der Waals surface area contributed by atoms with Crippen LogP contribution >= 0.6 is 23.8 Å². The number of rotatable bonds is 2. The quantitative estimate of drug-likeness (QED) is 0.816. The van der Waals surface area contributed by atoms with Gasteiger partial charge in [0.05, 0.1) is 0 Å². The lowest BCUT2D eigenvalue weighted by Gasteiger charge is -2.17. The van der Waals surface area contributed by atoms with Crippen molar-refractivity contribution in [3.8, 4) is 0 Å².